The van der Waals surface area contributed by atoms with Gasteiger partial charge in [-0.15, -0.1) is 0 Å². The van der Waals surface area contributed by atoms with Crippen LogP contribution in [-0.2, 0) is 14.3 Å². The Morgan fingerprint density at radius 1 is 1.29 bits per heavy atom. The molecule has 0 aromatic heterocycles. The van der Waals surface area contributed by atoms with Gasteiger partial charge in [0.15, 0.2) is 0 Å². The number of carbonyl (C=O) groups excluding carboxylic acids is 2. The highest BCUT2D eigenvalue weighted by molar-refractivity contribution is 5.80. The second-order valence-electron chi connectivity index (χ2n) is 3.51. The molecule has 2 amide bonds. The first-order valence-electron chi connectivity index (χ1n) is 5.29. The molecule has 1 unspecified atom stereocenters. The molecule has 0 aliphatic heterocycles. The number of esters is 1. The number of carboxylic acids is 1. The minimum Gasteiger partial charge on any atom is -0.481 e. The maximum absolute atomic E-state index is 11.2. The van der Waals surface area contributed by atoms with Crippen molar-refractivity contribution in [2.24, 2.45) is 5.92 Å². The van der Waals surface area contributed by atoms with Crippen LogP contribution in [0.3, 0.4) is 0 Å². The standard InChI is InChI=1S/C10H18N2O5/c1-3-7(4-8(13)14)5-11-10(16)12-6-9(15)17-2/h7H,3-6H2,1-2H3,(H,13,14)(H2,11,12,16). The number of urea groups is 1. The number of carboxylic acid groups (broad SMARTS) is 1. The largest absolute Gasteiger partial charge is 0.481 e. The van der Waals surface area contributed by atoms with E-state index in [9.17, 15) is 14.4 Å². The first-order chi connectivity index (χ1) is 7.99. The minimum absolute atomic E-state index is 0.00772. The van der Waals surface area contributed by atoms with Gasteiger partial charge in [-0.1, -0.05) is 13.3 Å². The van der Waals surface area contributed by atoms with Gasteiger partial charge in [-0.2, -0.15) is 0 Å². The average Bonchev–Trinajstić information content (AvgIpc) is 2.30. The summed E-state index contributed by atoms with van der Waals surface area (Å²) in [5, 5.41) is 13.4. The number of methoxy groups -OCH3 is 1. The number of rotatable bonds is 7. The van der Waals surface area contributed by atoms with Gasteiger partial charge < -0.3 is 20.5 Å². The van der Waals surface area contributed by atoms with Crippen LogP contribution in [0.4, 0.5) is 4.79 Å². The molecule has 0 aromatic rings. The van der Waals surface area contributed by atoms with E-state index < -0.39 is 18.0 Å². The zero-order valence-electron chi connectivity index (χ0n) is 9.99. The van der Waals surface area contributed by atoms with Crippen molar-refractivity contribution in [2.45, 2.75) is 19.8 Å². The van der Waals surface area contributed by atoms with Crippen molar-refractivity contribution in [1.82, 2.24) is 10.6 Å². The molecule has 0 saturated heterocycles. The summed E-state index contributed by atoms with van der Waals surface area (Å²) in [7, 11) is 1.22. The summed E-state index contributed by atoms with van der Waals surface area (Å²) in [5.41, 5.74) is 0. The molecule has 7 heteroatoms. The normalized spacial score (nSPS) is 11.4. The van der Waals surface area contributed by atoms with Gasteiger partial charge in [-0.25, -0.2) is 4.79 Å². The Bertz CT molecular complexity index is 280. The van der Waals surface area contributed by atoms with Crippen molar-refractivity contribution < 1.29 is 24.2 Å². The molecule has 0 aliphatic carbocycles. The zero-order valence-corrected chi connectivity index (χ0v) is 9.99. The maximum atomic E-state index is 11.2. The number of hydrogen-bond donors (Lipinski definition) is 3. The van der Waals surface area contributed by atoms with Gasteiger partial charge in [0, 0.05) is 13.0 Å². The van der Waals surface area contributed by atoms with E-state index in [0.717, 1.165) is 0 Å². The lowest BCUT2D eigenvalue weighted by molar-refractivity contribution is -0.139. The summed E-state index contributed by atoms with van der Waals surface area (Å²) in [6.07, 6.45) is 0.664. The van der Waals surface area contributed by atoms with E-state index in [1.165, 1.54) is 7.11 Å². The second-order valence-corrected chi connectivity index (χ2v) is 3.51. The van der Waals surface area contributed by atoms with Gasteiger partial charge in [0.05, 0.1) is 7.11 Å². The van der Waals surface area contributed by atoms with E-state index in [1.54, 1.807) is 0 Å². The third kappa shape index (κ3) is 8.06. The summed E-state index contributed by atoms with van der Waals surface area (Å²) >= 11 is 0. The van der Waals surface area contributed by atoms with Crippen molar-refractivity contribution in [1.29, 1.82) is 0 Å². The van der Waals surface area contributed by atoms with Gasteiger partial charge in [0.25, 0.3) is 0 Å². The molecule has 0 rings (SSSR count). The van der Waals surface area contributed by atoms with Crippen LogP contribution in [0.15, 0.2) is 0 Å². The molecule has 0 spiro atoms. The van der Waals surface area contributed by atoms with E-state index in [0.29, 0.717) is 6.42 Å². The van der Waals surface area contributed by atoms with Crippen LogP contribution >= 0.6 is 0 Å². The predicted molar refractivity (Wildman–Crippen MR) is 59.5 cm³/mol. The van der Waals surface area contributed by atoms with Crippen molar-refractivity contribution in [3.8, 4) is 0 Å². The quantitative estimate of drug-likeness (QED) is 0.547. The lowest BCUT2D eigenvalue weighted by Crippen LogP contribution is -2.41. The highest BCUT2D eigenvalue weighted by Gasteiger charge is 2.12. The molecular formula is C10H18N2O5. The molecule has 0 aromatic carbocycles. The molecule has 0 heterocycles. The molecule has 0 aliphatic rings. The minimum atomic E-state index is -0.895. The number of ether oxygens (including phenoxy) is 1. The van der Waals surface area contributed by atoms with Crippen LogP contribution in [0, 0.1) is 5.92 Å². The third-order valence-corrected chi connectivity index (χ3v) is 2.21. The molecular weight excluding hydrogens is 228 g/mol. The molecule has 0 saturated carbocycles. The monoisotopic (exact) mass is 246 g/mol. The van der Waals surface area contributed by atoms with E-state index in [-0.39, 0.29) is 25.4 Å². The van der Waals surface area contributed by atoms with E-state index in [1.807, 2.05) is 6.92 Å². The smallest absolute Gasteiger partial charge is 0.325 e. The molecule has 0 bridgehead atoms. The van der Waals surface area contributed by atoms with Gasteiger partial charge in [-0.3, -0.25) is 9.59 Å². The molecule has 0 fully saturated rings. The number of nitrogens with one attached hydrogen (secondary N) is 2. The molecule has 98 valence electrons. The van der Waals surface area contributed by atoms with Crippen LogP contribution in [0.5, 0.6) is 0 Å². The summed E-state index contributed by atoms with van der Waals surface area (Å²) in [6.45, 7) is 1.90. The Balaban J connectivity index is 3.80. The Kier molecular flexibility index (Phi) is 7.49. The average molecular weight is 246 g/mol. The van der Waals surface area contributed by atoms with Crippen LogP contribution in [-0.4, -0.2) is 43.3 Å². The lowest BCUT2D eigenvalue weighted by Gasteiger charge is -2.13. The Morgan fingerprint density at radius 2 is 1.94 bits per heavy atom. The summed E-state index contributed by atoms with van der Waals surface area (Å²) < 4.78 is 4.34. The van der Waals surface area contributed by atoms with Gasteiger partial charge in [-0.05, 0) is 5.92 Å². The van der Waals surface area contributed by atoms with Crippen LogP contribution in [0.25, 0.3) is 0 Å². The zero-order chi connectivity index (χ0) is 13.3. The topological polar surface area (TPSA) is 105 Å². The SMILES string of the molecule is CCC(CNC(=O)NCC(=O)OC)CC(=O)O. The Hall–Kier alpha value is -1.79. The van der Waals surface area contributed by atoms with Gasteiger partial charge in [0.1, 0.15) is 6.54 Å². The van der Waals surface area contributed by atoms with Crippen LogP contribution in [0.2, 0.25) is 0 Å². The third-order valence-electron chi connectivity index (χ3n) is 2.21. The Labute approximate surface area is 99.5 Å². The molecule has 3 N–H and O–H groups in total. The maximum Gasteiger partial charge on any atom is 0.325 e. The second kappa shape index (κ2) is 8.37. The molecule has 17 heavy (non-hydrogen) atoms. The predicted octanol–water partition coefficient (Wildman–Crippen LogP) is -0.0405. The fourth-order valence-corrected chi connectivity index (χ4v) is 1.13. The Morgan fingerprint density at radius 3 is 2.41 bits per heavy atom. The van der Waals surface area contributed by atoms with Crippen molar-refractivity contribution in [2.75, 3.05) is 20.2 Å². The number of aliphatic carboxylic acids is 1. The van der Waals surface area contributed by atoms with E-state index in [2.05, 4.69) is 15.4 Å². The number of amides is 2. The van der Waals surface area contributed by atoms with Gasteiger partial charge in [0.2, 0.25) is 0 Å². The van der Waals surface area contributed by atoms with Gasteiger partial charge >= 0.3 is 18.0 Å². The van der Waals surface area contributed by atoms with Crippen molar-refractivity contribution >= 4 is 18.0 Å². The first-order valence-corrected chi connectivity index (χ1v) is 5.29. The summed E-state index contributed by atoms with van der Waals surface area (Å²) in [6, 6.07) is -0.515. The van der Waals surface area contributed by atoms with E-state index >= 15 is 0 Å². The molecule has 0 radical (unpaired) electrons. The molecule has 7 nitrogen and oxygen atoms in total. The highest BCUT2D eigenvalue weighted by Crippen LogP contribution is 2.06. The first kappa shape index (κ1) is 15.2. The number of carbonyl (C=O) groups is 3. The fraction of sp³-hybridized carbons (Fsp3) is 0.700. The van der Waals surface area contributed by atoms with Crippen LogP contribution < -0.4 is 10.6 Å². The summed E-state index contributed by atoms with van der Waals surface area (Å²) in [4.78, 5) is 32.4. The highest BCUT2D eigenvalue weighted by atomic mass is 16.5. The fourth-order valence-electron chi connectivity index (χ4n) is 1.13. The summed E-state index contributed by atoms with van der Waals surface area (Å²) in [5.74, 6) is -1.55. The number of hydrogen-bond acceptors (Lipinski definition) is 4. The van der Waals surface area contributed by atoms with Crippen LogP contribution in [0.1, 0.15) is 19.8 Å². The van der Waals surface area contributed by atoms with Crippen molar-refractivity contribution in [3.63, 3.8) is 0 Å². The van der Waals surface area contributed by atoms with E-state index in [4.69, 9.17) is 5.11 Å². The lowest BCUT2D eigenvalue weighted by atomic mass is 10.0. The van der Waals surface area contributed by atoms with Crippen molar-refractivity contribution in [3.05, 3.63) is 0 Å². The molecule has 1 atom stereocenters.